The van der Waals surface area contributed by atoms with Crippen LogP contribution in [0.1, 0.15) is 17.5 Å². The van der Waals surface area contributed by atoms with Gasteiger partial charge in [-0.3, -0.25) is 0 Å². The molecule has 0 radical (unpaired) electrons. The van der Waals surface area contributed by atoms with E-state index in [-0.39, 0.29) is 6.61 Å². The van der Waals surface area contributed by atoms with Gasteiger partial charge in [-0.25, -0.2) is 0 Å². The monoisotopic (exact) mass is 198 g/mol. The van der Waals surface area contributed by atoms with Crippen LogP contribution in [0.25, 0.3) is 0 Å². The van der Waals surface area contributed by atoms with Gasteiger partial charge < -0.3 is 5.11 Å². The molecule has 0 aromatic heterocycles. The van der Waals surface area contributed by atoms with Crippen molar-refractivity contribution in [2.75, 3.05) is 12.5 Å². The first-order valence-corrected chi connectivity index (χ1v) is 5.15. The molecule has 0 unspecified atom stereocenters. The van der Waals surface area contributed by atoms with Crippen LogP contribution in [0, 0.1) is 0 Å². The number of halogens is 1. The number of aliphatic hydroxyl groups is 1. The van der Waals surface area contributed by atoms with E-state index >= 15 is 0 Å². The van der Waals surface area contributed by atoms with Gasteiger partial charge in [-0.15, -0.1) is 11.6 Å². The fourth-order valence-electron chi connectivity index (χ4n) is 1.26. The SMILES string of the molecule is OCCCc1ccc(CCCl)cc1. The van der Waals surface area contributed by atoms with E-state index in [1.165, 1.54) is 11.1 Å². The highest BCUT2D eigenvalue weighted by Crippen LogP contribution is 2.07. The van der Waals surface area contributed by atoms with Crippen LogP contribution >= 0.6 is 11.6 Å². The van der Waals surface area contributed by atoms with Gasteiger partial charge in [-0.1, -0.05) is 24.3 Å². The topological polar surface area (TPSA) is 20.2 Å². The molecule has 0 aliphatic heterocycles. The molecule has 0 saturated heterocycles. The molecule has 0 fully saturated rings. The average molecular weight is 199 g/mol. The summed E-state index contributed by atoms with van der Waals surface area (Å²) in [5, 5.41) is 8.65. The molecule has 0 amide bonds. The van der Waals surface area contributed by atoms with Crippen molar-refractivity contribution in [1.29, 1.82) is 0 Å². The molecular weight excluding hydrogens is 184 g/mol. The summed E-state index contributed by atoms with van der Waals surface area (Å²) < 4.78 is 0. The Morgan fingerprint density at radius 2 is 1.54 bits per heavy atom. The molecule has 0 spiro atoms. The third-order valence-corrected chi connectivity index (χ3v) is 2.22. The van der Waals surface area contributed by atoms with Crippen molar-refractivity contribution in [2.45, 2.75) is 19.3 Å². The van der Waals surface area contributed by atoms with E-state index in [0.717, 1.165) is 19.3 Å². The largest absolute Gasteiger partial charge is 0.396 e. The summed E-state index contributed by atoms with van der Waals surface area (Å²) >= 11 is 5.63. The fraction of sp³-hybridized carbons (Fsp3) is 0.455. The molecule has 72 valence electrons. The fourth-order valence-corrected chi connectivity index (χ4v) is 1.48. The molecule has 1 rings (SSSR count). The molecule has 0 saturated carbocycles. The first-order chi connectivity index (χ1) is 6.36. The van der Waals surface area contributed by atoms with Crippen LogP contribution < -0.4 is 0 Å². The lowest BCUT2D eigenvalue weighted by Crippen LogP contribution is -1.91. The Balaban J connectivity index is 2.48. The van der Waals surface area contributed by atoms with Gasteiger partial charge in [0.25, 0.3) is 0 Å². The normalized spacial score (nSPS) is 10.3. The van der Waals surface area contributed by atoms with Gasteiger partial charge in [0.1, 0.15) is 0 Å². The van der Waals surface area contributed by atoms with E-state index in [2.05, 4.69) is 24.3 Å². The van der Waals surface area contributed by atoms with Gasteiger partial charge in [0.2, 0.25) is 0 Å². The van der Waals surface area contributed by atoms with Gasteiger partial charge in [0, 0.05) is 12.5 Å². The summed E-state index contributed by atoms with van der Waals surface area (Å²) in [6, 6.07) is 8.43. The van der Waals surface area contributed by atoms with E-state index in [1.807, 2.05) is 0 Å². The summed E-state index contributed by atoms with van der Waals surface area (Å²) in [6.07, 6.45) is 2.73. The third kappa shape index (κ3) is 3.79. The first kappa shape index (κ1) is 10.6. The van der Waals surface area contributed by atoms with Crippen LogP contribution in [0.4, 0.5) is 0 Å². The smallest absolute Gasteiger partial charge is 0.0434 e. The predicted octanol–water partition coefficient (Wildman–Crippen LogP) is 2.39. The number of benzene rings is 1. The summed E-state index contributed by atoms with van der Waals surface area (Å²) in [4.78, 5) is 0. The van der Waals surface area contributed by atoms with E-state index < -0.39 is 0 Å². The van der Waals surface area contributed by atoms with Crippen LogP contribution in [-0.4, -0.2) is 17.6 Å². The predicted molar refractivity (Wildman–Crippen MR) is 56.3 cm³/mol. The standard InChI is InChI=1S/C11H15ClO/c12-8-7-11-5-3-10(4-6-11)2-1-9-13/h3-6,13H,1-2,7-9H2. The van der Waals surface area contributed by atoms with Crippen molar-refractivity contribution in [2.24, 2.45) is 0 Å². The second-order valence-corrected chi connectivity index (χ2v) is 3.46. The molecule has 1 nitrogen and oxygen atoms in total. The van der Waals surface area contributed by atoms with Crippen molar-refractivity contribution < 1.29 is 5.11 Å². The third-order valence-electron chi connectivity index (χ3n) is 2.03. The zero-order valence-corrected chi connectivity index (χ0v) is 8.43. The van der Waals surface area contributed by atoms with Crippen LogP contribution in [0.15, 0.2) is 24.3 Å². The Kier molecular flexibility index (Phi) is 4.87. The minimum Gasteiger partial charge on any atom is -0.396 e. The van der Waals surface area contributed by atoms with Gasteiger partial charge in [0.05, 0.1) is 0 Å². The molecule has 1 aromatic rings. The second-order valence-electron chi connectivity index (χ2n) is 3.08. The lowest BCUT2D eigenvalue weighted by atomic mass is 10.1. The lowest BCUT2D eigenvalue weighted by Gasteiger charge is -2.01. The van der Waals surface area contributed by atoms with E-state index in [1.54, 1.807) is 0 Å². The van der Waals surface area contributed by atoms with Crippen LogP contribution in [0.5, 0.6) is 0 Å². The van der Waals surface area contributed by atoms with Crippen LogP contribution in [0.3, 0.4) is 0 Å². The number of rotatable bonds is 5. The summed E-state index contributed by atoms with van der Waals surface area (Å²) in [6.45, 7) is 0.267. The van der Waals surface area contributed by atoms with Crippen molar-refractivity contribution in [3.63, 3.8) is 0 Å². The second kappa shape index (κ2) is 6.01. The quantitative estimate of drug-likeness (QED) is 0.721. The van der Waals surface area contributed by atoms with Gasteiger partial charge in [0.15, 0.2) is 0 Å². The van der Waals surface area contributed by atoms with E-state index in [0.29, 0.717) is 5.88 Å². The molecule has 0 aliphatic carbocycles. The molecule has 1 N–H and O–H groups in total. The average Bonchev–Trinajstić information content (AvgIpc) is 2.17. The van der Waals surface area contributed by atoms with Crippen molar-refractivity contribution >= 4 is 11.6 Å². The molecule has 0 bridgehead atoms. The van der Waals surface area contributed by atoms with Crippen LogP contribution in [0.2, 0.25) is 0 Å². The highest BCUT2D eigenvalue weighted by atomic mass is 35.5. The zero-order valence-electron chi connectivity index (χ0n) is 7.67. The molecule has 1 aromatic carbocycles. The Labute approximate surface area is 84.4 Å². The minimum atomic E-state index is 0.267. The lowest BCUT2D eigenvalue weighted by molar-refractivity contribution is 0.288. The maximum atomic E-state index is 8.65. The molecule has 13 heavy (non-hydrogen) atoms. The summed E-state index contributed by atoms with van der Waals surface area (Å²) in [5.41, 5.74) is 2.56. The van der Waals surface area contributed by atoms with Crippen molar-refractivity contribution in [1.82, 2.24) is 0 Å². The van der Waals surface area contributed by atoms with Crippen molar-refractivity contribution in [3.05, 3.63) is 35.4 Å². The maximum Gasteiger partial charge on any atom is 0.0434 e. The number of hydrogen-bond donors (Lipinski definition) is 1. The van der Waals surface area contributed by atoms with Crippen LogP contribution in [-0.2, 0) is 12.8 Å². The number of aliphatic hydroxyl groups excluding tert-OH is 1. The Hall–Kier alpha value is -0.530. The molecule has 2 heteroatoms. The molecule has 0 aliphatic rings. The molecule has 0 heterocycles. The molecular formula is C11H15ClO. The maximum absolute atomic E-state index is 8.65. The van der Waals surface area contributed by atoms with Gasteiger partial charge >= 0.3 is 0 Å². The van der Waals surface area contributed by atoms with E-state index in [9.17, 15) is 0 Å². The Morgan fingerprint density at radius 3 is 2.00 bits per heavy atom. The number of hydrogen-bond acceptors (Lipinski definition) is 1. The van der Waals surface area contributed by atoms with Gasteiger partial charge in [-0.05, 0) is 30.4 Å². The number of alkyl halides is 1. The summed E-state index contributed by atoms with van der Waals surface area (Å²) in [5.74, 6) is 0.677. The van der Waals surface area contributed by atoms with E-state index in [4.69, 9.17) is 16.7 Å². The van der Waals surface area contributed by atoms with Crippen molar-refractivity contribution in [3.8, 4) is 0 Å². The first-order valence-electron chi connectivity index (χ1n) is 4.61. The zero-order chi connectivity index (χ0) is 9.52. The Bertz CT molecular complexity index is 230. The Morgan fingerprint density at radius 1 is 1.00 bits per heavy atom. The highest BCUT2D eigenvalue weighted by Gasteiger charge is 1.94. The summed E-state index contributed by atoms with van der Waals surface area (Å²) in [7, 11) is 0. The van der Waals surface area contributed by atoms with Gasteiger partial charge in [-0.2, -0.15) is 0 Å². The molecule has 0 atom stereocenters. The minimum absolute atomic E-state index is 0.267. The highest BCUT2D eigenvalue weighted by molar-refractivity contribution is 6.17. The number of aryl methyl sites for hydroxylation is 2.